The Morgan fingerprint density at radius 1 is 1.58 bits per heavy atom. The fraction of sp³-hybridized carbons (Fsp3) is 0.800. The van der Waals surface area contributed by atoms with E-state index in [1.165, 1.54) is 12.2 Å². The van der Waals surface area contributed by atoms with Crippen LogP contribution in [0.25, 0.3) is 0 Å². The molecule has 0 N–H and O–H groups in total. The molecule has 3 atom stereocenters. The standard InChI is InChI=1S/C10H14B2F3NO3/c1-2-19-9(18)8-7-5-16(11-6-17)4-3-10(7,8)12(13,14)15/h6-8H,2-5H2,1H3/q-1/t7?,8-,10-/m0/s1. The number of hydrogen-bond donors (Lipinski definition) is 0. The van der Waals surface area contributed by atoms with Gasteiger partial charge in [-0.1, -0.05) is 6.42 Å². The van der Waals surface area contributed by atoms with E-state index in [1.54, 1.807) is 6.92 Å². The highest BCUT2D eigenvalue weighted by molar-refractivity contribution is 6.65. The highest BCUT2D eigenvalue weighted by Crippen LogP contribution is 2.75. The molecule has 1 aliphatic heterocycles. The summed E-state index contributed by atoms with van der Waals surface area (Å²) in [4.78, 5) is 23.6. The molecule has 1 saturated heterocycles. The fourth-order valence-corrected chi connectivity index (χ4v) is 3.29. The monoisotopic (exact) mass is 275 g/mol. The molecule has 1 unspecified atom stereocenters. The molecule has 0 bridgehead atoms. The van der Waals surface area contributed by atoms with Crippen LogP contribution in [-0.4, -0.2) is 51.1 Å². The lowest BCUT2D eigenvalue weighted by molar-refractivity contribution is -0.145. The van der Waals surface area contributed by atoms with Crippen LogP contribution in [0.4, 0.5) is 12.9 Å². The van der Waals surface area contributed by atoms with Crippen LogP contribution in [0.15, 0.2) is 0 Å². The SMILES string of the molecule is CCOC(=O)[C@@H]1C2CN([B]C=O)CC[C@]21[B-](F)(F)F. The summed E-state index contributed by atoms with van der Waals surface area (Å²) in [7, 11) is 1.23. The minimum Gasteiger partial charge on any atom is -0.466 e. The van der Waals surface area contributed by atoms with Crippen molar-refractivity contribution in [3.8, 4) is 0 Å². The zero-order valence-corrected chi connectivity index (χ0v) is 10.5. The number of piperidine rings is 1. The van der Waals surface area contributed by atoms with Crippen LogP contribution in [0.1, 0.15) is 13.3 Å². The Hall–Kier alpha value is -0.980. The second-order valence-electron chi connectivity index (χ2n) is 5.05. The number of carbonyl (C=O) groups is 2. The van der Waals surface area contributed by atoms with E-state index in [9.17, 15) is 22.5 Å². The van der Waals surface area contributed by atoms with Gasteiger partial charge in [0, 0.05) is 5.92 Å². The average Bonchev–Trinajstić information content (AvgIpc) is 2.99. The van der Waals surface area contributed by atoms with Crippen molar-refractivity contribution in [2.75, 3.05) is 19.7 Å². The molecular weight excluding hydrogens is 261 g/mol. The molecule has 0 aromatic heterocycles. The maximum atomic E-state index is 13.3. The van der Waals surface area contributed by atoms with Gasteiger partial charge >= 0.3 is 12.9 Å². The van der Waals surface area contributed by atoms with E-state index in [0.29, 0.717) is 6.19 Å². The second kappa shape index (κ2) is 4.85. The van der Waals surface area contributed by atoms with Gasteiger partial charge in [-0.2, -0.15) is 0 Å². The molecule has 0 aromatic carbocycles. The van der Waals surface area contributed by atoms with Crippen LogP contribution in [0.5, 0.6) is 0 Å². The van der Waals surface area contributed by atoms with E-state index in [2.05, 4.69) is 0 Å². The van der Waals surface area contributed by atoms with Gasteiger partial charge in [-0.25, -0.2) is 0 Å². The highest BCUT2D eigenvalue weighted by Gasteiger charge is 2.76. The first-order valence-corrected chi connectivity index (χ1v) is 6.27. The molecule has 19 heavy (non-hydrogen) atoms. The van der Waals surface area contributed by atoms with Crippen LogP contribution in [0.2, 0.25) is 5.31 Å². The first kappa shape index (κ1) is 14.4. The van der Waals surface area contributed by atoms with E-state index in [-0.39, 0.29) is 26.1 Å². The predicted octanol–water partition coefficient (Wildman–Crippen LogP) is 0.898. The Morgan fingerprint density at radius 2 is 2.26 bits per heavy atom. The zero-order valence-electron chi connectivity index (χ0n) is 10.5. The summed E-state index contributed by atoms with van der Waals surface area (Å²) in [6.07, 6.45) is 0.405. The lowest BCUT2D eigenvalue weighted by atomic mass is 9.62. The summed E-state index contributed by atoms with van der Waals surface area (Å²) in [5, 5.41) is -1.89. The third-order valence-electron chi connectivity index (χ3n) is 4.25. The lowest BCUT2D eigenvalue weighted by Gasteiger charge is -2.35. The third kappa shape index (κ3) is 2.17. The molecule has 1 saturated carbocycles. The van der Waals surface area contributed by atoms with Gasteiger partial charge in [0.05, 0.1) is 12.8 Å². The van der Waals surface area contributed by atoms with E-state index in [1.807, 2.05) is 0 Å². The first-order valence-electron chi connectivity index (χ1n) is 6.27. The van der Waals surface area contributed by atoms with Crippen LogP contribution >= 0.6 is 0 Å². The third-order valence-corrected chi connectivity index (χ3v) is 4.25. The number of carbonyl (C=O) groups excluding carboxylic acids is 2. The number of rotatable bonds is 5. The van der Waals surface area contributed by atoms with Crippen LogP contribution in [0, 0.1) is 11.8 Å². The highest BCUT2D eigenvalue weighted by atomic mass is 19.4. The number of halogens is 3. The number of hydrogen-bond acceptors (Lipinski definition) is 4. The Kier molecular flexibility index (Phi) is 3.68. The zero-order chi connectivity index (χ0) is 14.3. The molecule has 0 spiro atoms. The van der Waals surface area contributed by atoms with E-state index in [0.717, 1.165) is 0 Å². The van der Waals surface area contributed by atoms with Gasteiger partial charge in [0.1, 0.15) is 0 Å². The quantitative estimate of drug-likeness (QED) is 0.425. The Labute approximate surface area is 110 Å². The van der Waals surface area contributed by atoms with Crippen molar-refractivity contribution in [1.29, 1.82) is 0 Å². The van der Waals surface area contributed by atoms with Gasteiger partial charge in [-0.05, 0) is 31.2 Å². The minimum absolute atomic E-state index is 0.0766. The molecule has 1 heterocycles. The van der Waals surface area contributed by atoms with Crippen molar-refractivity contribution in [3.05, 3.63) is 0 Å². The maximum absolute atomic E-state index is 13.3. The maximum Gasteiger partial charge on any atom is 0.485 e. The summed E-state index contributed by atoms with van der Waals surface area (Å²) >= 11 is 0. The molecule has 4 nitrogen and oxygen atoms in total. The molecule has 1 aliphatic carbocycles. The molecule has 2 aliphatic rings. The molecule has 105 valence electrons. The molecule has 9 heteroatoms. The Morgan fingerprint density at radius 3 is 2.79 bits per heavy atom. The van der Waals surface area contributed by atoms with Crippen molar-refractivity contribution in [2.45, 2.75) is 18.7 Å². The largest absolute Gasteiger partial charge is 0.485 e. The number of nitrogens with zero attached hydrogens (tertiary/aromatic N) is 1. The summed E-state index contributed by atoms with van der Waals surface area (Å²) in [5.41, 5.74) is 0. The Bertz CT molecular complexity index is 393. The fourth-order valence-electron chi connectivity index (χ4n) is 3.29. The van der Waals surface area contributed by atoms with Crippen molar-refractivity contribution >= 4 is 26.5 Å². The summed E-state index contributed by atoms with van der Waals surface area (Å²) < 4.78 is 44.6. The molecule has 0 amide bonds. The van der Waals surface area contributed by atoms with Gasteiger partial charge < -0.3 is 27.3 Å². The van der Waals surface area contributed by atoms with E-state index >= 15 is 0 Å². The number of esters is 1. The summed E-state index contributed by atoms with van der Waals surface area (Å²) in [6, 6.07) is 0. The van der Waals surface area contributed by atoms with Gasteiger partial charge in [-0.15, -0.1) is 0 Å². The molecular formula is C10H14B2F3NO3-. The topological polar surface area (TPSA) is 46.6 Å². The molecule has 2 rings (SSSR count). The van der Waals surface area contributed by atoms with Crippen molar-refractivity contribution in [3.63, 3.8) is 0 Å². The van der Waals surface area contributed by atoms with E-state index in [4.69, 9.17) is 4.74 Å². The van der Waals surface area contributed by atoms with Gasteiger partial charge in [-0.3, -0.25) is 4.79 Å². The van der Waals surface area contributed by atoms with Crippen LogP contribution in [-0.2, 0) is 14.3 Å². The van der Waals surface area contributed by atoms with Crippen molar-refractivity contribution in [1.82, 2.24) is 4.81 Å². The van der Waals surface area contributed by atoms with Crippen LogP contribution in [0.3, 0.4) is 0 Å². The van der Waals surface area contributed by atoms with E-state index < -0.39 is 30.1 Å². The first-order chi connectivity index (χ1) is 8.88. The minimum atomic E-state index is -5.10. The number of fused-ring (bicyclic) bond motifs is 1. The summed E-state index contributed by atoms with van der Waals surface area (Å²) in [5.74, 6) is -2.64. The van der Waals surface area contributed by atoms with Crippen molar-refractivity contribution < 1.29 is 27.3 Å². The molecule has 2 fully saturated rings. The summed E-state index contributed by atoms with van der Waals surface area (Å²) in [6.45, 7) is -3.22. The predicted molar refractivity (Wildman–Crippen MR) is 64.1 cm³/mol. The molecule has 0 aromatic rings. The molecule has 1 radical (unpaired) electrons. The smallest absolute Gasteiger partial charge is 0.466 e. The van der Waals surface area contributed by atoms with Gasteiger partial charge in [0.25, 0.3) is 7.41 Å². The van der Waals surface area contributed by atoms with Crippen LogP contribution < -0.4 is 0 Å². The Balaban J connectivity index is 2.16. The number of ether oxygens (including phenoxy) is 1. The average molecular weight is 275 g/mol. The van der Waals surface area contributed by atoms with Gasteiger partial charge in [0.2, 0.25) is 0 Å². The normalized spacial score (nSPS) is 34.3. The van der Waals surface area contributed by atoms with Crippen molar-refractivity contribution in [2.24, 2.45) is 11.8 Å². The van der Waals surface area contributed by atoms with Gasteiger partial charge in [0.15, 0.2) is 0 Å². The second-order valence-corrected chi connectivity index (χ2v) is 5.05. The lowest BCUT2D eigenvalue weighted by Crippen LogP contribution is -2.42.